The van der Waals surface area contributed by atoms with E-state index in [-0.39, 0.29) is 10.6 Å². The van der Waals surface area contributed by atoms with E-state index in [0.717, 1.165) is 4.31 Å². The maximum absolute atomic E-state index is 13.7. The number of benzene rings is 2. The van der Waals surface area contributed by atoms with Gasteiger partial charge in [-0.3, -0.25) is 4.31 Å². The molecule has 0 aliphatic heterocycles. The van der Waals surface area contributed by atoms with E-state index < -0.39 is 15.8 Å². The molecule has 0 aromatic heterocycles. The van der Waals surface area contributed by atoms with Crippen LogP contribution in [0.2, 0.25) is 0 Å². The van der Waals surface area contributed by atoms with Crippen LogP contribution in [-0.2, 0) is 10.0 Å². The molecule has 0 spiro atoms. The molecule has 2 rings (SSSR count). The first-order chi connectivity index (χ1) is 9.34. The van der Waals surface area contributed by atoms with Gasteiger partial charge in [0.2, 0.25) is 0 Å². The van der Waals surface area contributed by atoms with Crippen LogP contribution in [0.15, 0.2) is 51.8 Å². The van der Waals surface area contributed by atoms with Gasteiger partial charge in [-0.2, -0.15) is 0 Å². The second kappa shape index (κ2) is 5.41. The van der Waals surface area contributed by atoms with E-state index in [0.29, 0.717) is 10.2 Å². The summed E-state index contributed by atoms with van der Waals surface area (Å²) in [6, 6.07) is 9.93. The third kappa shape index (κ3) is 2.64. The Morgan fingerprint density at radius 1 is 1.20 bits per heavy atom. The predicted octanol–water partition coefficient (Wildman–Crippen LogP) is 3.00. The van der Waals surface area contributed by atoms with Gasteiger partial charge in [0.15, 0.2) is 0 Å². The van der Waals surface area contributed by atoms with Crippen LogP contribution in [0.3, 0.4) is 0 Å². The van der Waals surface area contributed by atoms with Crippen LogP contribution in [0.5, 0.6) is 0 Å². The fourth-order valence-corrected chi connectivity index (χ4v) is 3.42. The summed E-state index contributed by atoms with van der Waals surface area (Å²) < 4.78 is 40.0. The Hall–Kier alpha value is -1.60. The van der Waals surface area contributed by atoms with Crippen molar-refractivity contribution in [3.05, 3.63) is 52.8 Å². The minimum absolute atomic E-state index is 0.0135. The minimum atomic E-state index is -3.85. The van der Waals surface area contributed by atoms with Crippen molar-refractivity contribution in [1.82, 2.24) is 0 Å². The van der Waals surface area contributed by atoms with E-state index in [9.17, 15) is 12.8 Å². The lowest BCUT2D eigenvalue weighted by atomic mass is 10.3. The number of sulfonamides is 1. The molecule has 0 atom stereocenters. The third-order valence-electron chi connectivity index (χ3n) is 2.82. The molecule has 2 aromatic carbocycles. The maximum atomic E-state index is 13.7. The first-order valence-electron chi connectivity index (χ1n) is 5.62. The smallest absolute Gasteiger partial charge is 0.264 e. The topological polar surface area (TPSA) is 63.4 Å². The first-order valence-corrected chi connectivity index (χ1v) is 7.86. The van der Waals surface area contributed by atoms with Gasteiger partial charge in [0.1, 0.15) is 5.82 Å². The molecule has 106 valence electrons. The molecular weight excluding hydrogens is 347 g/mol. The van der Waals surface area contributed by atoms with E-state index in [2.05, 4.69) is 15.9 Å². The van der Waals surface area contributed by atoms with Gasteiger partial charge in [0.05, 0.1) is 10.6 Å². The summed E-state index contributed by atoms with van der Waals surface area (Å²) in [7, 11) is -2.54. The van der Waals surface area contributed by atoms with Crippen molar-refractivity contribution in [1.29, 1.82) is 0 Å². The van der Waals surface area contributed by atoms with Gasteiger partial charge in [-0.05, 0) is 46.3 Å². The number of para-hydroxylation sites is 1. The molecule has 0 bridgehead atoms. The number of anilines is 2. The van der Waals surface area contributed by atoms with Crippen LogP contribution in [0.4, 0.5) is 15.8 Å². The van der Waals surface area contributed by atoms with Crippen molar-refractivity contribution in [2.24, 2.45) is 0 Å². The van der Waals surface area contributed by atoms with Gasteiger partial charge in [-0.25, -0.2) is 12.8 Å². The Balaban J connectivity index is 2.50. The highest BCUT2D eigenvalue weighted by Gasteiger charge is 2.23. The van der Waals surface area contributed by atoms with Gasteiger partial charge in [-0.1, -0.05) is 12.1 Å². The number of nitrogens with zero attached hydrogens (tertiary/aromatic N) is 1. The quantitative estimate of drug-likeness (QED) is 0.857. The third-order valence-corrected chi connectivity index (χ3v) is 5.28. The van der Waals surface area contributed by atoms with Crippen molar-refractivity contribution in [2.75, 3.05) is 17.1 Å². The average Bonchev–Trinajstić information content (AvgIpc) is 2.41. The zero-order chi connectivity index (χ0) is 14.9. The fourth-order valence-electron chi connectivity index (χ4n) is 1.66. The molecule has 0 aliphatic carbocycles. The SMILES string of the molecule is CN(c1ccccc1F)S(=O)(=O)c1ccc(N)c(Br)c1. The molecular formula is C13H12BrFN2O2S. The zero-order valence-electron chi connectivity index (χ0n) is 10.5. The average molecular weight is 359 g/mol. The summed E-state index contributed by atoms with van der Waals surface area (Å²) in [6.45, 7) is 0. The Morgan fingerprint density at radius 2 is 1.85 bits per heavy atom. The Kier molecular flexibility index (Phi) is 4.01. The Labute approximate surface area is 125 Å². The summed E-state index contributed by atoms with van der Waals surface area (Å²) in [4.78, 5) is 0.0318. The summed E-state index contributed by atoms with van der Waals surface area (Å²) in [6.07, 6.45) is 0. The van der Waals surface area contributed by atoms with Crippen molar-refractivity contribution in [2.45, 2.75) is 4.90 Å². The number of nitrogen functional groups attached to an aromatic ring is 1. The van der Waals surface area contributed by atoms with Gasteiger partial charge in [0, 0.05) is 17.2 Å². The summed E-state index contributed by atoms with van der Waals surface area (Å²) in [5.41, 5.74) is 6.04. The summed E-state index contributed by atoms with van der Waals surface area (Å²) in [5.74, 6) is -0.604. The van der Waals surface area contributed by atoms with E-state index in [1.807, 2.05) is 0 Å². The van der Waals surface area contributed by atoms with Gasteiger partial charge in [-0.15, -0.1) is 0 Å². The fraction of sp³-hybridized carbons (Fsp3) is 0.0769. The molecule has 0 saturated heterocycles. The first kappa shape index (κ1) is 14.8. The van der Waals surface area contributed by atoms with Crippen molar-refractivity contribution >= 4 is 37.3 Å². The van der Waals surface area contributed by atoms with Crippen LogP contribution < -0.4 is 10.0 Å². The maximum Gasteiger partial charge on any atom is 0.264 e. The van der Waals surface area contributed by atoms with Crippen LogP contribution in [0.25, 0.3) is 0 Å². The monoisotopic (exact) mass is 358 g/mol. The van der Waals surface area contributed by atoms with E-state index in [1.54, 1.807) is 6.07 Å². The van der Waals surface area contributed by atoms with Gasteiger partial charge < -0.3 is 5.73 Å². The van der Waals surface area contributed by atoms with Gasteiger partial charge >= 0.3 is 0 Å². The number of hydrogen-bond donors (Lipinski definition) is 1. The highest BCUT2D eigenvalue weighted by Crippen LogP contribution is 2.28. The van der Waals surface area contributed by atoms with Crippen LogP contribution in [0, 0.1) is 5.82 Å². The Morgan fingerprint density at radius 3 is 2.45 bits per heavy atom. The lowest BCUT2D eigenvalue weighted by Gasteiger charge is -2.20. The Bertz CT molecular complexity index is 750. The predicted molar refractivity (Wildman–Crippen MR) is 80.5 cm³/mol. The summed E-state index contributed by atoms with van der Waals surface area (Å²) in [5, 5.41) is 0. The van der Waals surface area contributed by atoms with Crippen LogP contribution in [0.1, 0.15) is 0 Å². The minimum Gasteiger partial charge on any atom is -0.398 e. The standard InChI is InChI=1S/C13H12BrFN2O2S/c1-17(13-5-3-2-4-11(13)15)20(18,19)9-6-7-12(16)10(14)8-9/h2-8H,16H2,1H3. The molecule has 2 aromatic rings. The summed E-state index contributed by atoms with van der Waals surface area (Å²) >= 11 is 3.18. The lowest BCUT2D eigenvalue weighted by Crippen LogP contribution is -2.27. The van der Waals surface area contributed by atoms with Crippen LogP contribution >= 0.6 is 15.9 Å². The highest BCUT2D eigenvalue weighted by atomic mass is 79.9. The molecule has 0 fully saturated rings. The van der Waals surface area contributed by atoms with Crippen molar-refractivity contribution < 1.29 is 12.8 Å². The number of halogens is 2. The molecule has 0 heterocycles. The second-order valence-corrected chi connectivity index (χ2v) is 6.93. The normalized spacial score (nSPS) is 11.3. The van der Waals surface area contributed by atoms with E-state index >= 15 is 0 Å². The van der Waals surface area contributed by atoms with Crippen molar-refractivity contribution in [3.63, 3.8) is 0 Å². The molecule has 20 heavy (non-hydrogen) atoms. The molecule has 0 amide bonds. The molecule has 0 unspecified atom stereocenters. The van der Waals surface area contributed by atoms with E-state index in [4.69, 9.17) is 5.73 Å². The molecule has 4 nitrogen and oxygen atoms in total. The van der Waals surface area contributed by atoms with Crippen LogP contribution in [-0.4, -0.2) is 15.5 Å². The zero-order valence-corrected chi connectivity index (χ0v) is 12.9. The molecule has 0 saturated carbocycles. The molecule has 0 aliphatic rings. The number of rotatable bonds is 3. The van der Waals surface area contributed by atoms with Crippen molar-refractivity contribution in [3.8, 4) is 0 Å². The molecule has 2 N–H and O–H groups in total. The van der Waals surface area contributed by atoms with Gasteiger partial charge in [0.25, 0.3) is 10.0 Å². The lowest BCUT2D eigenvalue weighted by molar-refractivity contribution is 0.589. The van der Waals surface area contributed by atoms with E-state index in [1.165, 1.54) is 43.4 Å². The number of hydrogen-bond acceptors (Lipinski definition) is 3. The number of nitrogens with two attached hydrogens (primary N) is 1. The highest BCUT2D eigenvalue weighted by molar-refractivity contribution is 9.10. The largest absolute Gasteiger partial charge is 0.398 e. The molecule has 0 radical (unpaired) electrons. The second-order valence-electron chi connectivity index (χ2n) is 4.11. The molecule has 7 heteroatoms.